The van der Waals surface area contributed by atoms with Gasteiger partial charge in [0.2, 0.25) is 5.89 Å². The normalized spacial score (nSPS) is 19.7. The van der Waals surface area contributed by atoms with E-state index in [-0.39, 0.29) is 0 Å². The highest BCUT2D eigenvalue weighted by Gasteiger charge is 2.63. The number of oxazole rings is 1. The van der Waals surface area contributed by atoms with Crippen molar-refractivity contribution in [2.45, 2.75) is 16.4 Å². The molecule has 1 aliphatic rings. The maximum atomic E-state index is 6.11. The molecule has 6 heterocycles. The van der Waals surface area contributed by atoms with E-state index in [0.717, 1.165) is 4.90 Å². The Balaban J connectivity index is 1.62. The van der Waals surface area contributed by atoms with E-state index in [2.05, 4.69) is 30.8 Å². The standard InChI is InChI=1S/C24H15N7O5S/c1-2-5-15(6-3-1)37-31-22(23-25-9-12-33-23)20(16-8-11-34-28-16)21(17-13-26-36-29-17)24(31,18-14-35-30-27-18)19-7-4-10-32-19/h1-14,21H. The lowest BCUT2D eigenvalue weighted by molar-refractivity contribution is 0.248. The topological polar surface area (TPSA) is 146 Å². The van der Waals surface area contributed by atoms with E-state index in [1.165, 1.54) is 30.7 Å². The van der Waals surface area contributed by atoms with Crippen molar-refractivity contribution in [2.75, 3.05) is 0 Å². The van der Waals surface area contributed by atoms with E-state index >= 15 is 0 Å². The van der Waals surface area contributed by atoms with Crippen LogP contribution in [-0.2, 0) is 5.54 Å². The molecule has 7 rings (SSSR count). The molecule has 12 nitrogen and oxygen atoms in total. The average Bonchev–Trinajstić information content (AvgIpc) is 3.77. The zero-order valence-electron chi connectivity index (χ0n) is 18.7. The first-order valence-corrected chi connectivity index (χ1v) is 11.8. The summed E-state index contributed by atoms with van der Waals surface area (Å²) >= 11 is 1.43. The molecule has 6 aromatic rings. The predicted octanol–water partition coefficient (Wildman–Crippen LogP) is 4.64. The summed E-state index contributed by atoms with van der Waals surface area (Å²) in [6, 6.07) is 15.3. The van der Waals surface area contributed by atoms with Crippen molar-refractivity contribution < 1.29 is 22.5 Å². The zero-order valence-corrected chi connectivity index (χ0v) is 19.6. The number of aromatic nitrogens is 6. The van der Waals surface area contributed by atoms with Gasteiger partial charge in [-0.15, -0.1) is 5.10 Å². The third-order valence-corrected chi connectivity index (χ3v) is 7.23. The van der Waals surface area contributed by atoms with Crippen LogP contribution >= 0.6 is 11.9 Å². The first-order chi connectivity index (χ1) is 18.4. The minimum Gasteiger partial charge on any atom is -0.466 e. The number of nitrogens with zero attached hydrogens (tertiary/aromatic N) is 7. The molecule has 13 heteroatoms. The van der Waals surface area contributed by atoms with Gasteiger partial charge in [0.05, 0.1) is 24.6 Å². The highest BCUT2D eigenvalue weighted by atomic mass is 32.2. The van der Waals surface area contributed by atoms with Crippen LogP contribution in [0.5, 0.6) is 0 Å². The van der Waals surface area contributed by atoms with Gasteiger partial charge in [-0.05, 0) is 36.2 Å². The van der Waals surface area contributed by atoms with Crippen molar-refractivity contribution in [1.82, 2.24) is 35.1 Å². The Kier molecular flexibility index (Phi) is 4.99. The molecule has 0 aliphatic carbocycles. The molecule has 0 radical (unpaired) electrons. The third-order valence-electron chi connectivity index (χ3n) is 6.10. The molecule has 37 heavy (non-hydrogen) atoms. The molecular formula is C24H15N7O5S. The first kappa shape index (κ1) is 21.4. The molecule has 0 amide bonds. The highest BCUT2D eigenvalue weighted by Crippen LogP contribution is 2.64. The molecule has 0 saturated heterocycles. The smallest absolute Gasteiger partial charge is 0.243 e. The molecule has 2 atom stereocenters. The SMILES string of the molecule is c1ccc(SN2C(c3ncco3)=C(c3ccon3)C(c3cnon3)C2(c2conn2)c2ccco2)cc1. The van der Waals surface area contributed by atoms with Crippen LogP contribution in [0.1, 0.15) is 34.7 Å². The van der Waals surface area contributed by atoms with Gasteiger partial charge in [0.1, 0.15) is 41.1 Å². The van der Waals surface area contributed by atoms with Gasteiger partial charge in [0.25, 0.3) is 0 Å². The minimum absolute atomic E-state index is 0.341. The van der Waals surface area contributed by atoms with E-state index in [1.807, 2.05) is 40.7 Å². The monoisotopic (exact) mass is 513 g/mol. The second kappa shape index (κ2) is 8.64. The van der Waals surface area contributed by atoms with E-state index in [9.17, 15) is 0 Å². The van der Waals surface area contributed by atoms with Gasteiger partial charge >= 0.3 is 0 Å². The number of benzene rings is 1. The van der Waals surface area contributed by atoms with Crippen LogP contribution in [0.3, 0.4) is 0 Å². The van der Waals surface area contributed by atoms with Crippen molar-refractivity contribution in [3.8, 4) is 0 Å². The maximum absolute atomic E-state index is 6.11. The lowest BCUT2D eigenvalue weighted by Gasteiger charge is -2.39. The third kappa shape index (κ3) is 3.24. The van der Waals surface area contributed by atoms with Gasteiger partial charge in [-0.3, -0.25) is 4.31 Å². The van der Waals surface area contributed by atoms with E-state index < -0.39 is 11.5 Å². The summed E-state index contributed by atoms with van der Waals surface area (Å²) in [5.41, 5.74) is 1.51. The Morgan fingerprint density at radius 2 is 1.86 bits per heavy atom. The maximum Gasteiger partial charge on any atom is 0.243 e. The number of rotatable bonds is 7. The quantitative estimate of drug-likeness (QED) is 0.273. The number of furan rings is 1. The van der Waals surface area contributed by atoms with Crippen molar-refractivity contribution in [3.63, 3.8) is 0 Å². The summed E-state index contributed by atoms with van der Waals surface area (Å²) in [6.07, 6.45) is 9.18. The Labute approximate surface area is 212 Å². The largest absolute Gasteiger partial charge is 0.466 e. The molecule has 2 unspecified atom stereocenters. The molecule has 0 bridgehead atoms. The molecule has 5 aromatic heterocycles. The Hall–Kier alpha value is -4.91. The van der Waals surface area contributed by atoms with Gasteiger partial charge < -0.3 is 17.9 Å². The van der Waals surface area contributed by atoms with Crippen LogP contribution in [-0.4, -0.2) is 35.1 Å². The fraction of sp³-hybridized carbons (Fsp3) is 0.0833. The predicted molar refractivity (Wildman–Crippen MR) is 125 cm³/mol. The molecule has 1 aliphatic heterocycles. The number of hydrogen-bond acceptors (Lipinski definition) is 13. The second-order valence-electron chi connectivity index (χ2n) is 7.98. The van der Waals surface area contributed by atoms with Crippen LogP contribution in [0.2, 0.25) is 0 Å². The van der Waals surface area contributed by atoms with E-state index in [1.54, 1.807) is 30.8 Å². The van der Waals surface area contributed by atoms with Crippen LogP contribution in [0.25, 0.3) is 11.3 Å². The fourth-order valence-corrected chi connectivity index (χ4v) is 5.91. The summed E-state index contributed by atoms with van der Waals surface area (Å²) < 4.78 is 29.6. The second-order valence-corrected chi connectivity index (χ2v) is 9.00. The summed E-state index contributed by atoms with van der Waals surface area (Å²) in [5.74, 6) is 0.218. The lowest BCUT2D eigenvalue weighted by atomic mass is 9.75. The molecule has 0 spiro atoms. The molecular weight excluding hydrogens is 498 g/mol. The Morgan fingerprint density at radius 1 is 0.919 bits per heavy atom. The van der Waals surface area contributed by atoms with Crippen LogP contribution < -0.4 is 0 Å². The zero-order chi connectivity index (χ0) is 24.7. The lowest BCUT2D eigenvalue weighted by Crippen LogP contribution is -2.43. The summed E-state index contributed by atoms with van der Waals surface area (Å²) in [6.45, 7) is 0. The first-order valence-electron chi connectivity index (χ1n) is 11.0. The van der Waals surface area contributed by atoms with Gasteiger partial charge in [0, 0.05) is 21.8 Å². The fourth-order valence-electron chi connectivity index (χ4n) is 4.72. The van der Waals surface area contributed by atoms with E-state index in [0.29, 0.717) is 40.0 Å². The average molecular weight is 513 g/mol. The van der Waals surface area contributed by atoms with Crippen molar-refractivity contribution >= 4 is 23.2 Å². The van der Waals surface area contributed by atoms with Crippen molar-refractivity contribution in [1.29, 1.82) is 0 Å². The van der Waals surface area contributed by atoms with Gasteiger partial charge in [-0.2, -0.15) is 0 Å². The number of hydrogen-bond donors (Lipinski definition) is 0. The highest BCUT2D eigenvalue weighted by molar-refractivity contribution is 7.97. The Morgan fingerprint density at radius 3 is 2.54 bits per heavy atom. The van der Waals surface area contributed by atoms with Crippen LogP contribution in [0.15, 0.2) is 113 Å². The summed E-state index contributed by atoms with van der Waals surface area (Å²) in [4.78, 5) is 5.43. The molecule has 0 fully saturated rings. The van der Waals surface area contributed by atoms with Gasteiger partial charge in [-0.25, -0.2) is 9.61 Å². The molecule has 0 N–H and O–H groups in total. The van der Waals surface area contributed by atoms with E-state index in [4.69, 9.17) is 22.5 Å². The van der Waals surface area contributed by atoms with Gasteiger partial charge in [-0.1, -0.05) is 33.7 Å². The molecule has 0 saturated carbocycles. The molecule has 1 aromatic carbocycles. The van der Waals surface area contributed by atoms with Crippen LogP contribution in [0, 0.1) is 0 Å². The van der Waals surface area contributed by atoms with Crippen LogP contribution in [0.4, 0.5) is 0 Å². The van der Waals surface area contributed by atoms with Crippen molar-refractivity contribution in [2.24, 2.45) is 0 Å². The van der Waals surface area contributed by atoms with Crippen molar-refractivity contribution in [3.05, 3.63) is 115 Å². The Bertz CT molecular complexity index is 1560. The summed E-state index contributed by atoms with van der Waals surface area (Å²) in [5, 5.41) is 20.6. The summed E-state index contributed by atoms with van der Waals surface area (Å²) in [7, 11) is 0. The van der Waals surface area contributed by atoms with Gasteiger partial charge in [0.15, 0.2) is 11.8 Å². The minimum atomic E-state index is -1.22. The molecule has 182 valence electrons.